The highest BCUT2D eigenvalue weighted by Gasteiger charge is 2.45. The third-order valence-electron chi connectivity index (χ3n) is 6.65. The highest BCUT2D eigenvalue weighted by Crippen LogP contribution is 2.47. The first-order valence-corrected chi connectivity index (χ1v) is 9.63. The van der Waals surface area contributed by atoms with Crippen LogP contribution in [0.2, 0.25) is 0 Å². The minimum absolute atomic E-state index is 0.301. The van der Waals surface area contributed by atoms with Gasteiger partial charge in [-0.1, -0.05) is 33.1 Å². The first-order chi connectivity index (χ1) is 10.3. The summed E-state index contributed by atoms with van der Waals surface area (Å²) in [5.41, 5.74) is 0.301. The number of hydrogen-bond acceptors (Lipinski definition) is 2. The number of hydrogen-bond donors (Lipinski definition) is 1. The van der Waals surface area contributed by atoms with Crippen LogP contribution in [0.3, 0.4) is 0 Å². The van der Waals surface area contributed by atoms with E-state index >= 15 is 0 Å². The van der Waals surface area contributed by atoms with Gasteiger partial charge in [-0.2, -0.15) is 0 Å². The van der Waals surface area contributed by atoms with Gasteiger partial charge in [-0.3, -0.25) is 0 Å². The van der Waals surface area contributed by atoms with Crippen molar-refractivity contribution in [2.75, 3.05) is 13.2 Å². The molecule has 1 spiro atoms. The standard InChI is InChI=1S/C19H35NO/c1-3-15-7-5-8-16(13-15)18(20-4-2)17-9-12-21-19(14-17)10-6-11-19/h15-18,20H,3-14H2,1-2H3. The maximum absolute atomic E-state index is 6.16. The molecule has 0 aromatic rings. The van der Waals surface area contributed by atoms with Gasteiger partial charge < -0.3 is 10.1 Å². The lowest BCUT2D eigenvalue weighted by molar-refractivity contribution is -0.149. The van der Waals surface area contributed by atoms with Gasteiger partial charge in [0.15, 0.2) is 0 Å². The Bertz CT molecular complexity index is 326. The fourth-order valence-electron chi connectivity index (χ4n) is 5.28. The molecule has 4 atom stereocenters. The lowest BCUT2D eigenvalue weighted by Crippen LogP contribution is -2.52. The zero-order chi connectivity index (χ0) is 14.7. The Morgan fingerprint density at radius 3 is 2.62 bits per heavy atom. The predicted molar refractivity (Wildman–Crippen MR) is 88.5 cm³/mol. The van der Waals surface area contributed by atoms with Crippen LogP contribution in [0.25, 0.3) is 0 Å². The fourth-order valence-corrected chi connectivity index (χ4v) is 5.28. The first-order valence-electron chi connectivity index (χ1n) is 9.63. The van der Waals surface area contributed by atoms with E-state index in [-0.39, 0.29) is 0 Å². The molecule has 1 N–H and O–H groups in total. The van der Waals surface area contributed by atoms with Crippen LogP contribution in [0, 0.1) is 17.8 Å². The van der Waals surface area contributed by atoms with Crippen LogP contribution >= 0.6 is 0 Å². The molecule has 2 nitrogen and oxygen atoms in total. The molecule has 0 radical (unpaired) electrons. The zero-order valence-corrected chi connectivity index (χ0v) is 14.2. The normalized spacial score (nSPS) is 37.1. The average molecular weight is 293 g/mol. The van der Waals surface area contributed by atoms with Crippen LogP contribution in [0.15, 0.2) is 0 Å². The summed E-state index contributed by atoms with van der Waals surface area (Å²) in [6.45, 7) is 6.80. The second-order valence-electron chi connectivity index (χ2n) is 7.92. The summed E-state index contributed by atoms with van der Waals surface area (Å²) in [6.07, 6.45) is 13.9. The van der Waals surface area contributed by atoms with Crippen molar-refractivity contribution in [2.24, 2.45) is 17.8 Å². The summed E-state index contributed by atoms with van der Waals surface area (Å²) >= 11 is 0. The summed E-state index contributed by atoms with van der Waals surface area (Å²) in [4.78, 5) is 0. The molecule has 2 aliphatic carbocycles. The number of rotatable bonds is 5. The number of nitrogens with one attached hydrogen (secondary N) is 1. The lowest BCUT2D eigenvalue weighted by atomic mass is 9.66. The molecule has 1 heterocycles. The van der Waals surface area contributed by atoms with Gasteiger partial charge in [0.1, 0.15) is 0 Å². The van der Waals surface area contributed by atoms with Crippen LogP contribution in [-0.4, -0.2) is 24.8 Å². The summed E-state index contributed by atoms with van der Waals surface area (Å²) < 4.78 is 6.16. The Balaban J connectivity index is 1.65. The van der Waals surface area contributed by atoms with Crippen molar-refractivity contribution in [3.63, 3.8) is 0 Å². The second-order valence-corrected chi connectivity index (χ2v) is 7.92. The smallest absolute Gasteiger partial charge is 0.0685 e. The minimum Gasteiger partial charge on any atom is -0.375 e. The molecular weight excluding hydrogens is 258 g/mol. The summed E-state index contributed by atoms with van der Waals surface area (Å²) in [6, 6.07) is 0.755. The van der Waals surface area contributed by atoms with Crippen LogP contribution in [-0.2, 0) is 4.74 Å². The molecule has 4 unspecified atom stereocenters. The SMILES string of the molecule is CCNC(C1CCCC(CC)C1)C1CCOC2(CCC2)C1. The van der Waals surface area contributed by atoms with Crippen molar-refractivity contribution >= 4 is 0 Å². The van der Waals surface area contributed by atoms with Crippen molar-refractivity contribution < 1.29 is 4.74 Å². The molecular formula is C19H35NO. The van der Waals surface area contributed by atoms with Crippen LogP contribution in [0.1, 0.15) is 78.1 Å². The minimum atomic E-state index is 0.301. The molecule has 3 rings (SSSR count). The first kappa shape index (κ1) is 15.8. The Labute approximate surface area is 131 Å². The summed E-state index contributed by atoms with van der Waals surface area (Å²) in [7, 11) is 0. The van der Waals surface area contributed by atoms with Crippen molar-refractivity contribution in [1.29, 1.82) is 0 Å². The highest BCUT2D eigenvalue weighted by molar-refractivity contribution is 4.98. The van der Waals surface area contributed by atoms with Gasteiger partial charge in [0, 0.05) is 12.6 Å². The van der Waals surface area contributed by atoms with Crippen LogP contribution in [0.4, 0.5) is 0 Å². The van der Waals surface area contributed by atoms with Gasteiger partial charge in [0.05, 0.1) is 5.60 Å². The molecule has 3 fully saturated rings. The van der Waals surface area contributed by atoms with E-state index in [2.05, 4.69) is 19.2 Å². The highest BCUT2D eigenvalue weighted by atomic mass is 16.5. The molecule has 1 saturated heterocycles. The molecule has 0 aromatic heterocycles. The van der Waals surface area contributed by atoms with E-state index in [0.29, 0.717) is 5.60 Å². The third kappa shape index (κ3) is 3.47. The second kappa shape index (κ2) is 7.00. The average Bonchev–Trinajstić information content (AvgIpc) is 2.51. The molecule has 0 bridgehead atoms. The van der Waals surface area contributed by atoms with E-state index in [9.17, 15) is 0 Å². The predicted octanol–water partition coefficient (Wildman–Crippen LogP) is 4.53. The Morgan fingerprint density at radius 1 is 1.10 bits per heavy atom. The zero-order valence-electron chi connectivity index (χ0n) is 14.2. The van der Waals surface area contributed by atoms with E-state index in [1.807, 2.05) is 0 Å². The number of ether oxygens (including phenoxy) is 1. The Morgan fingerprint density at radius 2 is 1.95 bits per heavy atom. The van der Waals surface area contributed by atoms with E-state index in [4.69, 9.17) is 4.74 Å². The van der Waals surface area contributed by atoms with Crippen molar-refractivity contribution in [2.45, 2.75) is 89.7 Å². The summed E-state index contributed by atoms with van der Waals surface area (Å²) in [5.74, 6) is 2.77. The monoisotopic (exact) mass is 293 g/mol. The molecule has 0 aromatic carbocycles. The van der Waals surface area contributed by atoms with Crippen molar-refractivity contribution in [3.8, 4) is 0 Å². The van der Waals surface area contributed by atoms with E-state index in [1.165, 1.54) is 64.2 Å². The fraction of sp³-hybridized carbons (Fsp3) is 1.00. The topological polar surface area (TPSA) is 21.3 Å². The van der Waals surface area contributed by atoms with Gasteiger partial charge >= 0.3 is 0 Å². The van der Waals surface area contributed by atoms with Crippen LogP contribution < -0.4 is 5.32 Å². The molecule has 2 saturated carbocycles. The van der Waals surface area contributed by atoms with Gasteiger partial charge in [-0.25, -0.2) is 0 Å². The van der Waals surface area contributed by atoms with Gasteiger partial charge in [0.2, 0.25) is 0 Å². The third-order valence-corrected chi connectivity index (χ3v) is 6.65. The van der Waals surface area contributed by atoms with Crippen molar-refractivity contribution in [1.82, 2.24) is 5.32 Å². The van der Waals surface area contributed by atoms with E-state index in [1.54, 1.807) is 0 Å². The van der Waals surface area contributed by atoms with Gasteiger partial charge in [0.25, 0.3) is 0 Å². The maximum atomic E-state index is 6.16. The molecule has 21 heavy (non-hydrogen) atoms. The van der Waals surface area contributed by atoms with E-state index < -0.39 is 0 Å². The molecule has 3 aliphatic rings. The summed E-state index contributed by atoms with van der Waals surface area (Å²) in [5, 5.41) is 3.90. The quantitative estimate of drug-likeness (QED) is 0.804. The lowest BCUT2D eigenvalue weighted by Gasteiger charge is -2.50. The Kier molecular flexibility index (Phi) is 5.27. The Hall–Kier alpha value is -0.0800. The molecule has 1 aliphatic heterocycles. The molecule has 2 heteroatoms. The van der Waals surface area contributed by atoms with Gasteiger partial charge in [-0.15, -0.1) is 0 Å². The van der Waals surface area contributed by atoms with Gasteiger partial charge in [-0.05, 0) is 69.2 Å². The van der Waals surface area contributed by atoms with Crippen molar-refractivity contribution in [3.05, 3.63) is 0 Å². The maximum Gasteiger partial charge on any atom is 0.0685 e. The molecule has 0 amide bonds. The van der Waals surface area contributed by atoms with Crippen LogP contribution in [0.5, 0.6) is 0 Å². The van der Waals surface area contributed by atoms with E-state index in [0.717, 1.165) is 36.9 Å². The largest absolute Gasteiger partial charge is 0.375 e. The molecule has 122 valence electrons.